The number of carbonyl (C=O) groups is 1. The third-order valence-electron chi connectivity index (χ3n) is 4.96. The van der Waals surface area contributed by atoms with Crippen molar-refractivity contribution in [2.45, 2.75) is 4.90 Å². The fraction of sp³-hybridized carbons (Fsp3) is 0.167. The van der Waals surface area contributed by atoms with Crippen LogP contribution >= 0.6 is 0 Å². The highest BCUT2D eigenvalue weighted by atomic mass is 32.2. The number of aromatic nitrogens is 2. The third-order valence-corrected chi connectivity index (χ3v) is 6.76. The average Bonchev–Trinajstić information content (AvgIpc) is 2.88. The lowest BCUT2D eigenvalue weighted by Crippen LogP contribution is -2.43. The van der Waals surface area contributed by atoms with E-state index in [0.29, 0.717) is 11.1 Å². The van der Waals surface area contributed by atoms with Crippen LogP contribution in [0.5, 0.6) is 0 Å². The van der Waals surface area contributed by atoms with Gasteiger partial charge in [-0.05, 0) is 17.5 Å². The molecule has 28 heavy (non-hydrogen) atoms. The van der Waals surface area contributed by atoms with E-state index in [-0.39, 0.29) is 10.7 Å². The fourth-order valence-electron chi connectivity index (χ4n) is 3.46. The molecule has 0 spiro atoms. The van der Waals surface area contributed by atoms with E-state index in [1.165, 1.54) is 20.2 Å². The molecule has 144 valence electrons. The van der Waals surface area contributed by atoms with E-state index in [1.807, 2.05) is 0 Å². The van der Waals surface area contributed by atoms with Crippen LogP contribution in [0.2, 0.25) is 0 Å². The molecule has 1 aromatic heterocycles. The highest BCUT2D eigenvalue weighted by molar-refractivity contribution is 7.93. The molecule has 2 N–H and O–H groups in total. The Morgan fingerprint density at radius 3 is 2.36 bits per heavy atom. The molecule has 0 unspecified atom stereocenters. The van der Waals surface area contributed by atoms with Gasteiger partial charge >= 0.3 is 5.69 Å². The molecule has 0 saturated heterocycles. The number of ketones is 1. The van der Waals surface area contributed by atoms with Gasteiger partial charge in [-0.15, -0.1) is 0 Å². The monoisotopic (exact) mass is 400 g/mol. The lowest BCUT2D eigenvalue weighted by molar-refractivity contribution is 0.100. The van der Waals surface area contributed by atoms with Crippen molar-refractivity contribution in [1.29, 1.82) is 0 Å². The summed E-state index contributed by atoms with van der Waals surface area (Å²) in [6.45, 7) is -0.603. The quantitative estimate of drug-likeness (QED) is 0.627. The zero-order chi connectivity index (χ0) is 20.4. The summed E-state index contributed by atoms with van der Waals surface area (Å²) in [7, 11) is -1.40. The Balaban J connectivity index is 1.86. The van der Waals surface area contributed by atoms with E-state index >= 15 is 0 Å². The van der Waals surface area contributed by atoms with Crippen LogP contribution in [0, 0.1) is 0 Å². The van der Waals surface area contributed by atoms with E-state index in [4.69, 9.17) is 5.73 Å². The Bertz CT molecular complexity index is 1400. The minimum absolute atomic E-state index is 0.106. The maximum absolute atomic E-state index is 13.0. The fourth-order valence-corrected chi connectivity index (χ4v) is 5.13. The molecule has 0 atom stereocenters. The number of anilines is 2. The van der Waals surface area contributed by atoms with Crippen molar-refractivity contribution in [2.24, 2.45) is 14.1 Å². The molecular formula is C18H16N4O5S. The average molecular weight is 400 g/mol. The molecule has 2 heterocycles. The van der Waals surface area contributed by atoms with Crippen molar-refractivity contribution in [3.05, 3.63) is 62.8 Å². The molecule has 0 bridgehead atoms. The van der Waals surface area contributed by atoms with Gasteiger partial charge in [0.15, 0.2) is 5.78 Å². The minimum Gasteiger partial charge on any atom is -0.384 e. The zero-order valence-electron chi connectivity index (χ0n) is 15.0. The molecule has 2 aromatic carbocycles. The maximum Gasteiger partial charge on any atom is 0.332 e. The summed E-state index contributed by atoms with van der Waals surface area (Å²) in [4.78, 5) is 37.4. The minimum atomic E-state index is -3.96. The van der Waals surface area contributed by atoms with Crippen LogP contribution in [0.4, 0.5) is 11.5 Å². The molecule has 4 rings (SSSR count). The van der Waals surface area contributed by atoms with Gasteiger partial charge in [-0.25, -0.2) is 13.2 Å². The molecule has 1 aliphatic heterocycles. The van der Waals surface area contributed by atoms with Crippen molar-refractivity contribution < 1.29 is 13.2 Å². The molecule has 1 aliphatic rings. The first-order valence-corrected chi connectivity index (χ1v) is 9.73. The summed E-state index contributed by atoms with van der Waals surface area (Å²) < 4.78 is 28.7. The first kappa shape index (κ1) is 18.0. The number of hydrogen-bond acceptors (Lipinski definition) is 6. The van der Waals surface area contributed by atoms with E-state index in [0.717, 1.165) is 18.8 Å². The Morgan fingerprint density at radius 1 is 1.04 bits per heavy atom. The van der Waals surface area contributed by atoms with E-state index < -0.39 is 39.2 Å². The second-order valence-electron chi connectivity index (χ2n) is 6.53. The normalized spacial score (nSPS) is 14.6. The summed E-state index contributed by atoms with van der Waals surface area (Å²) in [6.07, 6.45) is 0. The number of nitrogen functional groups attached to an aromatic ring is 1. The number of nitrogens with zero attached hydrogens (tertiary/aromatic N) is 3. The van der Waals surface area contributed by atoms with Crippen LogP contribution in [0.1, 0.15) is 10.4 Å². The van der Waals surface area contributed by atoms with E-state index in [9.17, 15) is 22.8 Å². The molecule has 0 radical (unpaired) electrons. The molecule has 0 saturated carbocycles. The second-order valence-corrected chi connectivity index (χ2v) is 8.36. The topological polar surface area (TPSA) is 124 Å². The van der Waals surface area contributed by atoms with Gasteiger partial charge in [0.1, 0.15) is 11.4 Å². The van der Waals surface area contributed by atoms with Crippen LogP contribution in [-0.4, -0.2) is 29.9 Å². The van der Waals surface area contributed by atoms with Gasteiger partial charge in [0.25, 0.3) is 15.6 Å². The Kier molecular flexibility index (Phi) is 3.72. The van der Waals surface area contributed by atoms with Crippen LogP contribution in [0.3, 0.4) is 0 Å². The van der Waals surface area contributed by atoms with Crippen molar-refractivity contribution in [1.82, 2.24) is 9.13 Å². The number of benzene rings is 2. The summed E-state index contributed by atoms with van der Waals surface area (Å²) in [6, 6.07) is 9.97. The smallest absolute Gasteiger partial charge is 0.332 e. The summed E-state index contributed by atoms with van der Waals surface area (Å²) in [5, 5.41) is 1.25. The molecule has 0 amide bonds. The maximum atomic E-state index is 13.0. The van der Waals surface area contributed by atoms with Gasteiger partial charge in [0, 0.05) is 19.5 Å². The summed E-state index contributed by atoms with van der Waals surface area (Å²) in [5.74, 6) is -1.09. The Hall–Kier alpha value is -3.40. The van der Waals surface area contributed by atoms with Gasteiger partial charge in [-0.1, -0.05) is 24.3 Å². The summed E-state index contributed by atoms with van der Waals surface area (Å²) in [5.41, 5.74) is 4.23. The molecule has 9 nitrogen and oxygen atoms in total. The highest BCUT2D eigenvalue weighted by Gasteiger charge is 2.37. The molecule has 3 aromatic rings. The van der Waals surface area contributed by atoms with Crippen molar-refractivity contribution >= 4 is 38.1 Å². The number of rotatable bonds is 3. The Labute approximate surface area is 159 Å². The van der Waals surface area contributed by atoms with Gasteiger partial charge in [-0.3, -0.25) is 23.0 Å². The second kappa shape index (κ2) is 5.80. The Morgan fingerprint density at radius 2 is 1.68 bits per heavy atom. The van der Waals surface area contributed by atoms with Crippen molar-refractivity contribution in [2.75, 3.05) is 16.6 Å². The predicted molar refractivity (Wildman–Crippen MR) is 104 cm³/mol. The number of carbonyl (C=O) groups excluding carboxylic acids is 1. The number of Topliss-reactive ketones (excluding diaryl/α,β-unsaturated/α-hetero) is 1. The van der Waals surface area contributed by atoms with E-state index in [1.54, 1.807) is 30.3 Å². The van der Waals surface area contributed by atoms with Crippen molar-refractivity contribution in [3.8, 4) is 0 Å². The van der Waals surface area contributed by atoms with E-state index in [2.05, 4.69) is 0 Å². The lowest BCUT2D eigenvalue weighted by atomic mass is 10.1. The standard InChI is InChI=1S/C18H16N4O5S/c1-20-16(19)15(17(24)21(2)18(20)25)12(23)9-22-11-7-3-5-10-6-4-8-13(14(10)11)28(22,26)27/h3-8H,9,19H2,1-2H3. The lowest BCUT2D eigenvalue weighted by Gasteiger charge is -2.19. The van der Waals surface area contributed by atoms with Gasteiger partial charge < -0.3 is 5.73 Å². The van der Waals surface area contributed by atoms with Gasteiger partial charge in [0.05, 0.1) is 17.1 Å². The molecule has 0 aliphatic carbocycles. The SMILES string of the molecule is Cn1c(N)c(C(=O)CN2c3cccc4cccc(c34)S2(=O)=O)c(=O)n(C)c1=O. The number of sulfonamides is 1. The third kappa shape index (κ3) is 2.24. The first-order chi connectivity index (χ1) is 13.2. The van der Waals surface area contributed by atoms with Crippen LogP contribution in [0.25, 0.3) is 10.8 Å². The summed E-state index contributed by atoms with van der Waals surface area (Å²) >= 11 is 0. The van der Waals surface area contributed by atoms with Crippen LogP contribution in [0.15, 0.2) is 50.9 Å². The largest absolute Gasteiger partial charge is 0.384 e. The van der Waals surface area contributed by atoms with Gasteiger partial charge in [0.2, 0.25) is 0 Å². The molecule has 10 heteroatoms. The molecule has 0 fully saturated rings. The van der Waals surface area contributed by atoms with Crippen molar-refractivity contribution in [3.63, 3.8) is 0 Å². The highest BCUT2D eigenvalue weighted by Crippen LogP contribution is 2.41. The molecular weight excluding hydrogens is 384 g/mol. The van der Waals surface area contributed by atoms with Gasteiger partial charge in [-0.2, -0.15) is 0 Å². The van der Waals surface area contributed by atoms with Crippen LogP contribution < -0.4 is 21.3 Å². The zero-order valence-corrected chi connectivity index (χ0v) is 15.9. The van der Waals surface area contributed by atoms with Crippen LogP contribution in [-0.2, 0) is 24.1 Å². The predicted octanol–water partition coefficient (Wildman–Crippen LogP) is 0.211. The number of hydrogen-bond donors (Lipinski definition) is 1. The number of nitrogens with two attached hydrogens (primary N) is 1. The first-order valence-electron chi connectivity index (χ1n) is 8.29.